The molecule has 1 heterocycles. The number of amides is 1. The summed E-state index contributed by atoms with van der Waals surface area (Å²) in [6.45, 7) is 10.2. The number of hydrogen-bond donors (Lipinski definition) is 1. The van der Waals surface area contributed by atoms with Gasteiger partial charge in [0, 0.05) is 0 Å². The Labute approximate surface area is 158 Å². The highest BCUT2D eigenvalue weighted by molar-refractivity contribution is 5.79. The minimum Gasteiger partial charge on any atom is -0.337 e. The number of nitrogens with zero attached hydrogens (tertiary/aromatic N) is 2. The Hall–Kier alpha value is -1.86. The van der Waals surface area contributed by atoms with Crippen molar-refractivity contribution in [3.8, 4) is 6.07 Å². The van der Waals surface area contributed by atoms with Crippen molar-refractivity contribution in [2.75, 3.05) is 19.6 Å². The fourth-order valence-electron chi connectivity index (χ4n) is 3.39. The molecule has 0 aromatic heterocycles. The second-order valence-electron chi connectivity index (χ2n) is 8.26. The Bertz CT molecular complexity index is 624. The van der Waals surface area contributed by atoms with Gasteiger partial charge in [0.1, 0.15) is 5.54 Å². The molecule has 1 atom stereocenters. The van der Waals surface area contributed by atoms with Gasteiger partial charge in [0.25, 0.3) is 0 Å². The minimum absolute atomic E-state index is 0.0409. The number of aryl methyl sites for hydroxylation is 2. The van der Waals surface area contributed by atoms with Crippen molar-refractivity contribution in [3.63, 3.8) is 0 Å². The molecular formula is C22H33N3O. The predicted molar refractivity (Wildman–Crippen MR) is 106 cm³/mol. The van der Waals surface area contributed by atoms with Crippen LogP contribution < -0.4 is 5.32 Å². The van der Waals surface area contributed by atoms with Gasteiger partial charge in [-0.1, -0.05) is 43.7 Å². The second kappa shape index (κ2) is 9.19. The van der Waals surface area contributed by atoms with Gasteiger partial charge in [0.2, 0.25) is 5.91 Å². The molecule has 1 N–H and O–H groups in total. The predicted octanol–water partition coefficient (Wildman–Crippen LogP) is 3.69. The number of rotatable bonds is 7. The highest BCUT2D eigenvalue weighted by Gasteiger charge is 2.31. The maximum Gasteiger partial charge on any atom is 0.235 e. The first-order valence-electron chi connectivity index (χ1n) is 9.82. The first-order valence-corrected chi connectivity index (χ1v) is 9.82. The number of carbonyl (C=O) groups excluding carboxylic acids is 1. The summed E-state index contributed by atoms with van der Waals surface area (Å²) in [4.78, 5) is 14.5. The fourth-order valence-corrected chi connectivity index (χ4v) is 3.39. The van der Waals surface area contributed by atoms with Crippen LogP contribution in [-0.4, -0.2) is 36.0 Å². The molecule has 1 aromatic rings. The molecule has 0 spiro atoms. The summed E-state index contributed by atoms with van der Waals surface area (Å²) in [6, 6.07) is 11.1. The first-order chi connectivity index (χ1) is 12.3. The fraction of sp³-hybridized carbons (Fsp3) is 0.636. The molecular weight excluding hydrogens is 322 g/mol. The van der Waals surface area contributed by atoms with E-state index in [1.807, 2.05) is 13.8 Å². The van der Waals surface area contributed by atoms with Crippen LogP contribution in [-0.2, 0) is 11.2 Å². The van der Waals surface area contributed by atoms with Crippen LogP contribution in [0, 0.1) is 30.1 Å². The quantitative estimate of drug-likeness (QED) is 0.811. The third-order valence-electron chi connectivity index (χ3n) is 5.82. The number of hydrogen-bond acceptors (Lipinski definition) is 3. The van der Waals surface area contributed by atoms with Gasteiger partial charge in [-0.25, -0.2) is 0 Å². The third-order valence-corrected chi connectivity index (χ3v) is 5.82. The maximum atomic E-state index is 12.3. The summed E-state index contributed by atoms with van der Waals surface area (Å²) >= 11 is 0. The number of piperidine rings is 1. The Morgan fingerprint density at radius 2 is 1.92 bits per heavy atom. The Balaban J connectivity index is 1.72. The lowest BCUT2D eigenvalue weighted by atomic mass is 9.89. The molecule has 1 amide bonds. The van der Waals surface area contributed by atoms with Crippen LogP contribution in [0.5, 0.6) is 0 Å². The summed E-state index contributed by atoms with van der Waals surface area (Å²) in [7, 11) is 0. The summed E-state index contributed by atoms with van der Waals surface area (Å²) in [6.07, 6.45) is 4.67. The second-order valence-corrected chi connectivity index (χ2v) is 8.26. The highest BCUT2D eigenvalue weighted by Crippen LogP contribution is 2.22. The van der Waals surface area contributed by atoms with Crippen LogP contribution in [0.3, 0.4) is 0 Å². The molecule has 0 bridgehead atoms. The van der Waals surface area contributed by atoms with Gasteiger partial charge in [0.15, 0.2) is 0 Å². The molecule has 1 aliphatic rings. The van der Waals surface area contributed by atoms with Crippen molar-refractivity contribution < 1.29 is 4.79 Å². The van der Waals surface area contributed by atoms with Crippen LogP contribution >= 0.6 is 0 Å². The zero-order chi connectivity index (χ0) is 19.2. The molecule has 0 radical (unpaired) electrons. The van der Waals surface area contributed by atoms with Gasteiger partial charge < -0.3 is 5.32 Å². The van der Waals surface area contributed by atoms with Crippen molar-refractivity contribution >= 4 is 5.91 Å². The standard InChI is InChI=1S/C22H33N3O/c1-17(2)22(4,16-23)24-21(26)15-25-13-11-20(12-14-25)10-9-19-7-5-18(3)6-8-19/h5-8,17,20H,9-15H2,1-4H3,(H,24,26)/t22-/m0/s1. The molecule has 4 heteroatoms. The van der Waals surface area contributed by atoms with Crippen molar-refractivity contribution in [2.24, 2.45) is 11.8 Å². The largest absolute Gasteiger partial charge is 0.337 e. The van der Waals surface area contributed by atoms with E-state index in [4.69, 9.17) is 0 Å². The molecule has 2 rings (SSSR count). The maximum absolute atomic E-state index is 12.3. The molecule has 0 aliphatic carbocycles. The first kappa shape index (κ1) is 20.5. The molecule has 142 valence electrons. The lowest BCUT2D eigenvalue weighted by Gasteiger charge is -2.33. The SMILES string of the molecule is Cc1ccc(CCC2CCN(CC(=O)N[C@@](C)(C#N)C(C)C)CC2)cc1. The van der Waals surface area contributed by atoms with E-state index in [0.29, 0.717) is 6.54 Å². The Kier molecular flexibility index (Phi) is 7.23. The number of nitriles is 1. The Morgan fingerprint density at radius 3 is 2.46 bits per heavy atom. The van der Waals surface area contributed by atoms with E-state index in [0.717, 1.165) is 38.3 Å². The molecule has 0 saturated carbocycles. The van der Waals surface area contributed by atoms with Crippen LogP contribution in [0.15, 0.2) is 24.3 Å². The number of nitrogens with one attached hydrogen (secondary N) is 1. The Morgan fingerprint density at radius 1 is 1.31 bits per heavy atom. The number of carbonyl (C=O) groups is 1. The number of likely N-dealkylation sites (tertiary alicyclic amines) is 1. The van der Waals surface area contributed by atoms with Crippen LogP contribution in [0.1, 0.15) is 51.2 Å². The van der Waals surface area contributed by atoms with E-state index in [-0.39, 0.29) is 11.8 Å². The molecule has 1 saturated heterocycles. The summed E-state index contributed by atoms with van der Waals surface area (Å²) < 4.78 is 0. The third kappa shape index (κ3) is 5.85. The normalized spacial score (nSPS) is 18.3. The molecule has 1 aromatic carbocycles. The van der Waals surface area contributed by atoms with Gasteiger partial charge in [-0.2, -0.15) is 5.26 Å². The lowest BCUT2D eigenvalue weighted by Crippen LogP contribution is -2.52. The zero-order valence-electron chi connectivity index (χ0n) is 16.7. The van der Waals surface area contributed by atoms with E-state index < -0.39 is 5.54 Å². The minimum atomic E-state index is -0.788. The average Bonchev–Trinajstić information content (AvgIpc) is 2.62. The van der Waals surface area contributed by atoms with E-state index in [1.54, 1.807) is 6.92 Å². The van der Waals surface area contributed by atoms with Gasteiger partial charge in [-0.05, 0) is 70.0 Å². The van der Waals surface area contributed by atoms with Crippen LogP contribution in [0.25, 0.3) is 0 Å². The summed E-state index contributed by atoms with van der Waals surface area (Å²) in [5.41, 5.74) is 1.94. The van der Waals surface area contributed by atoms with Gasteiger partial charge in [-0.15, -0.1) is 0 Å². The molecule has 1 aliphatic heterocycles. The van der Waals surface area contributed by atoms with E-state index >= 15 is 0 Å². The van der Waals surface area contributed by atoms with Crippen molar-refractivity contribution in [2.45, 2.75) is 58.9 Å². The zero-order valence-corrected chi connectivity index (χ0v) is 16.7. The van der Waals surface area contributed by atoms with Gasteiger partial charge >= 0.3 is 0 Å². The van der Waals surface area contributed by atoms with Crippen molar-refractivity contribution in [1.82, 2.24) is 10.2 Å². The molecule has 4 nitrogen and oxygen atoms in total. The van der Waals surface area contributed by atoms with E-state index in [9.17, 15) is 10.1 Å². The highest BCUT2D eigenvalue weighted by atomic mass is 16.2. The smallest absolute Gasteiger partial charge is 0.235 e. The van der Waals surface area contributed by atoms with E-state index in [2.05, 4.69) is 47.5 Å². The lowest BCUT2D eigenvalue weighted by molar-refractivity contribution is -0.124. The monoisotopic (exact) mass is 355 g/mol. The van der Waals surface area contributed by atoms with Crippen LogP contribution in [0.2, 0.25) is 0 Å². The van der Waals surface area contributed by atoms with Crippen LogP contribution in [0.4, 0.5) is 0 Å². The average molecular weight is 356 g/mol. The summed E-state index contributed by atoms with van der Waals surface area (Å²) in [5.74, 6) is 0.792. The molecule has 26 heavy (non-hydrogen) atoms. The molecule has 1 fully saturated rings. The van der Waals surface area contributed by atoms with E-state index in [1.165, 1.54) is 17.5 Å². The van der Waals surface area contributed by atoms with Gasteiger partial charge in [-0.3, -0.25) is 9.69 Å². The molecule has 0 unspecified atom stereocenters. The van der Waals surface area contributed by atoms with Gasteiger partial charge in [0.05, 0.1) is 12.6 Å². The van der Waals surface area contributed by atoms with Crippen molar-refractivity contribution in [3.05, 3.63) is 35.4 Å². The number of benzene rings is 1. The summed E-state index contributed by atoms with van der Waals surface area (Å²) in [5, 5.41) is 12.2. The topological polar surface area (TPSA) is 56.1 Å². The van der Waals surface area contributed by atoms with Crippen molar-refractivity contribution in [1.29, 1.82) is 5.26 Å².